The van der Waals surface area contributed by atoms with E-state index in [9.17, 15) is 9.18 Å². The van der Waals surface area contributed by atoms with E-state index in [1.54, 1.807) is 17.0 Å². The maximum absolute atomic E-state index is 12.8. The number of anilines is 1. The minimum absolute atomic E-state index is 0.137. The van der Waals surface area contributed by atoms with Gasteiger partial charge < -0.3 is 16.0 Å². The molecule has 1 saturated heterocycles. The number of nitrogens with two attached hydrogens (primary N) is 1. The molecule has 3 N–H and O–H groups in total. The number of piperazine rings is 1. The lowest BCUT2D eigenvalue weighted by molar-refractivity contribution is 0.113. The maximum atomic E-state index is 12.8. The number of nitrogens with zero attached hydrogens (tertiary/aromatic N) is 2. The molecule has 0 bridgehead atoms. The lowest BCUT2D eigenvalue weighted by atomic mass is 10.1. The lowest BCUT2D eigenvalue weighted by Gasteiger charge is -2.38. The summed E-state index contributed by atoms with van der Waals surface area (Å²) in [5, 5.41) is 2.79. The van der Waals surface area contributed by atoms with Crippen molar-refractivity contribution in [2.45, 2.75) is 19.4 Å². The second-order valence-electron chi connectivity index (χ2n) is 5.26. The molecule has 0 aliphatic carbocycles. The summed E-state index contributed by atoms with van der Waals surface area (Å²) in [4.78, 5) is 16.3. The van der Waals surface area contributed by atoms with Gasteiger partial charge in [0.1, 0.15) is 5.82 Å². The summed E-state index contributed by atoms with van der Waals surface area (Å²) in [5.41, 5.74) is 6.37. The van der Waals surface area contributed by atoms with Crippen molar-refractivity contribution in [2.75, 3.05) is 38.0 Å². The summed E-state index contributed by atoms with van der Waals surface area (Å²) in [5.74, 6) is -0.311. The van der Waals surface area contributed by atoms with E-state index in [0.29, 0.717) is 31.4 Å². The van der Waals surface area contributed by atoms with E-state index in [4.69, 9.17) is 5.73 Å². The van der Waals surface area contributed by atoms with Crippen LogP contribution in [0.1, 0.15) is 13.3 Å². The number of rotatable bonds is 4. The normalized spacial score (nSPS) is 17.6. The van der Waals surface area contributed by atoms with Gasteiger partial charge in [-0.3, -0.25) is 4.90 Å². The predicted molar refractivity (Wildman–Crippen MR) is 81.7 cm³/mol. The smallest absolute Gasteiger partial charge is 0.321 e. The molecule has 5 nitrogen and oxygen atoms in total. The van der Waals surface area contributed by atoms with Gasteiger partial charge in [-0.15, -0.1) is 0 Å². The molecule has 1 aliphatic heterocycles. The van der Waals surface area contributed by atoms with Crippen molar-refractivity contribution in [2.24, 2.45) is 5.73 Å². The number of urea groups is 1. The number of carbonyl (C=O) groups is 1. The van der Waals surface area contributed by atoms with Crippen molar-refractivity contribution in [3.05, 3.63) is 30.1 Å². The van der Waals surface area contributed by atoms with Crippen molar-refractivity contribution in [1.82, 2.24) is 9.80 Å². The van der Waals surface area contributed by atoms with E-state index in [1.165, 1.54) is 12.1 Å². The van der Waals surface area contributed by atoms with Crippen LogP contribution in [0.4, 0.5) is 14.9 Å². The molecule has 0 saturated carbocycles. The van der Waals surface area contributed by atoms with E-state index in [0.717, 1.165) is 19.5 Å². The van der Waals surface area contributed by atoms with Gasteiger partial charge in [0.15, 0.2) is 0 Å². The fourth-order valence-electron chi connectivity index (χ4n) is 2.60. The van der Waals surface area contributed by atoms with Crippen LogP contribution in [0.25, 0.3) is 0 Å². The highest BCUT2D eigenvalue weighted by atomic mass is 19.1. The second-order valence-corrected chi connectivity index (χ2v) is 5.26. The average molecular weight is 294 g/mol. The molecule has 2 rings (SSSR count). The van der Waals surface area contributed by atoms with E-state index >= 15 is 0 Å². The minimum atomic E-state index is -0.311. The first kappa shape index (κ1) is 15.7. The first-order valence-electron chi connectivity index (χ1n) is 7.39. The van der Waals surface area contributed by atoms with Crippen LogP contribution in [0.5, 0.6) is 0 Å². The number of amides is 2. The van der Waals surface area contributed by atoms with Crippen molar-refractivity contribution in [1.29, 1.82) is 0 Å². The van der Waals surface area contributed by atoms with Gasteiger partial charge in [-0.25, -0.2) is 9.18 Å². The predicted octanol–water partition coefficient (Wildman–Crippen LogP) is 1.71. The number of hydrogen-bond acceptors (Lipinski definition) is 3. The van der Waals surface area contributed by atoms with Gasteiger partial charge in [0.05, 0.1) is 0 Å². The van der Waals surface area contributed by atoms with Gasteiger partial charge in [0.25, 0.3) is 0 Å². The number of benzene rings is 1. The Kier molecular flexibility index (Phi) is 5.52. The summed E-state index contributed by atoms with van der Waals surface area (Å²) in [6.07, 6.45) is 1.03. The highest BCUT2D eigenvalue weighted by Crippen LogP contribution is 2.12. The zero-order valence-corrected chi connectivity index (χ0v) is 12.4. The van der Waals surface area contributed by atoms with Crippen LogP contribution in [-0.4, -0.2) is 54.6 Å². The average Bonchev–Trinajstić information content (AvgIpc) is 2.51. The SMILES string of the molecule is CCC(CN)N1CCN(C(=O)Nc2ccc(F)cc2)CC1. The molecular formula is C15H23FN4O. The Labute approximate surface area is 124 Å². The molecule has 1 aromatic carbocycles. The second kappa shape index (κ2) is 7.38. The molecule has 1 heterocycles. The third-order valence-electron chi connectivity index (χ3n) is 3.96. The summed E-state index contributed by atoms with van der Waals surface area (Å²) >= 11 is 0. The van der Waals surface area contributed by atoms with Gasteiger partial charge in [-0.05, 0) is 30.7 Å². The third kappa shape index (κ3) is 4.15. The van der Waals surface area contributed by atoms with Gasteiger partial charge in [-0.2, -0.15) is 0 Å². The molecule has 1 unspecified atom stereocenters. The van der Waals surface area contributed by atoms with Crippen LogP contribution < -0.4 is 11.1 Å². The highest BCUT2D eigenvalue weighted by Gasteiger charge is 2.24. The zero-order chi connectivity index (χ0) is 15.2. The molecule has 6 heteroatoms. The molecule has 1 aromatic rings. The number of hydrogen-bond donors (Lipinski definition) is 2. The standard InChI is InChI=1S/C15H23FN4O/c1-2-14(11-17)19-7-9-20(10-8-19)15(21)18-13-5-3-12(16)4-6-13/h3-6,14H,2,7-11,17H2,1H3,(H,18,21). The Hall–Kier alpha value is -1.66. The Morgan fingerprint density at radius 3 is 2.43 bits per heavy atom. The van der Waals surface area contributed by atoms with E-state index in [-0.39, 0.29) is 11.8 Å². The third-order valence-corrected chi connectivity index (χ3v) is 3.96. The van der Waals surface area contributed by atoms with Crippen LogP contribution in [0.2, 0.25) is 0 Å². The van der Waals surface area contributed by atoms with Gasteiger partial charge in [0, 0.05) is 44.5 Å². The minimum Gasteiger partial charge on any atom is -0.329 e. The van der Waals surface area contributed by atoms with Crippen molar-refractivity contribution in [3.63, 3.8) is 0 Å². The highest BCUT2D eigenvalue weighted by molar-refractivity contribution is 5.89. The van der Waals surface area contributed by atoms with Gasteiger partial charge in [0.2, 0.25) is 0 Å². The molecule has 116 valence electrons. The van der Waals surface area contributed by atoms with Crippen LogP contribution in [0, 0.1) is 5.82 Å². The Bertz CT molecular complexity index is 453. The first-order valence-corrected chi connectivity index (χ1v) is 7.39. The molecule has 1 aliphatic rings. The van der Waals surface area contributed by atoms with E-state index < -0.39 is 0 Å². The largest absolute Gasteiger partial charge is 0.329 e. The van der Waals surface area contributed by atoms with Gasteiger partial charge in [-0.1, -0.05) is 6.92 Å². The number of halogens is 1. The molecular weight excluding hydrogens is 271 g/mol. The van der Waals surface area contributed by atoms with Crippen LogP contribution in [0.15, 0.2) is 24.3 Å². The summed E-state index contributed by atoms with van der Waals surface area (Å²) < 4.78 is 12.8. The van der Waals surface area contributed by atoms with Crippen LogP contribution in [0.3, 0.4) is 0 Å². The topological polar surface area (TPSA) is 61.6 Å². The number of carbonyl (C=O) groups excluding carboxylic acids is 1. The fourth-order valence-corrected chi connectivity index (χ4v) is 2.60. The van der Waals surface area contributed by atoms with Crippen molar-refractivity contribution >= 4 is 11.7 Å². The quantitative estimate of drug-likeness (QED) is 0.888. The molecule has 0 aromatic heterocycles. The Morgan fingerprint density at radius 1 is 1.29 bits per heavy atom. The zero-order valence-electron chi connectivity index (χ0n) is 12.4. The van der Waals surface area contributed by atoms with E-state index in [2.05, 4.69) is 17.1 Å². The van der Waals surface area contributed by atoms with Crippen LogP contribution in [-0.2, 0) is 0 Å². The molecule has 0 spiro atoms. The van der Waals surface area contributed by atoms with E-state index in [1.807, 2.05) is 0 Å². The lowest BCUT2D eigenvalue weighted by Crippen LogP contribution is -2.54. The van der Waals surface area contributed by atoms with Crippen molar-refractivity contribution in [3.8, 4) is 0 Å². The summed E-state index contributed by atoms with van der Waals surface area (Å²) in [6, 6.07) is 6.05. The molecule has 1 atom stereocenters. The summed E-state index contributed by atoms with van der Waals surface area (Å²) in [6.45, 7) is 5.83. The number of nitrogens with one attached hydrogen (secondary N) is 1. The van der Waals surface area contributed by atoms with Crippen molar-refractivity contribution < 1.29 is 9.18 Å². The molecule has 2 amide bonds. The van der Waals surface area contributed by atoms with Crippen LogP contribution >= 0.6 is 0 Å². The maximum Gasteiger partial charge on any atom is 0.321 e. The Balaban J connectivity index is 1.84. The molecule has 21 heavy (non-hydrogen) atoms. The summed E-state index contributed by atoms with van der Waals surface area (Å²) in [7, 11) is 0. The fraction of sp³-hybridized carbons (Fsp3) is 0.533. The molecule has 1 fully saturated rings. The molecule has 0 radical (unpaired) electrons. The first-order chi connectivity index (χ1) is 10.1. The Morgan fingerprint density at radius 2 is 1.90 bits per heavy atom. The van der Waals surface area contributed by atoms with Gasteiger partial charge >= 0.3 is 6.03 Å². The monoisotopic (exact) mass is 294 g/mol.